The zero-order valence-corrected chi connectivity index (χ0v) is 14.4. The molecule has 8 heteroatoms. The molecule has 0 N–H and O–H groups in total. The molecular formula is C18H14N4O3S. The molecule has 1 aromatic heterocycles. The minimum absolute atomic E-state index is 0.0177. The number of hydrogen-bond donors (Lipinski definition) is 0. The summed E-state index contributed by atoms with van der Waals surface area (Å²) in [5.41, 5.74) is 1.54. The Kier molecular flexibility index (Phi) is 4.10. The third kappa shape index (κ3) is 3.02. The molecule has 2 aromatic carbocycles. The molecular weight excluding hydrogens is 352 g/mol. The molecule has 0 fully saturated rings. The maximum Gasteiger partial charge on any atom is 0.271 e. The van der Waals surface area contributed by atoms with Gasteiger partial charge in [0.25, 0.3) is 11.2 Å². The second-order valence-electron chi connectivity index (χ2n) is 5.79. The van der Waals surface area contributed by atoms with Crippen molar-refractivity contribution >= 4 is 28.8 Å². The summed E-state index contributed by atoms with van der Waals surface area (Å²) >= 11 is 1.36. The lowest BCUT2D eigenvalue weighted by Gasteiger charge is -2.25. The molecule has 0 unspecified atom stereocenters. The molecule has 3 aromatic rings. The van der Waals surface area contributed by atoms with E-state index in [-0.39, 0.29) is 11.2 Å². The lowest BCUT2D eigenvalue weighted by atomic mass is 10.2. The van der Waals surface area contributed by atoms with Crippen LogP contribution in [0, 0.1) is 10.1 Å². The molecule has 0 saturated carbocycles. The van der Waals surface area contributed by atoms with Gasteiger partial charge < -0.3 is 4.90 Å². The van der Waals surface area contributed by atoms with Crippen LogP contribution in [0.2, 0.25) is 0 Å². The van der Waals surface area contributed by atoms with Gasteiger partial charge in [0.2, 0.25) is 0 Å². The zero-order chi connectivity index (χ0) is 18.1. The maximum atomic E-state index is 12.7. The van der Waals surface area contributed by atoms with Gasteiger partial charge in [-0.05, 0) is 17.7 Å². The number of nitro groups is 1. The van der Waals surface area contributed by atoms with Crippen LogP contribution in [0.25, 0.3) is 6.08 Å². The second kappa shape index (κ2) is 6.57. The van der Waals surface area contributed by atoms with Crippen molar-refractivity contribution in [3.63, 3.8) is 0 Å². The highest BCUT2D eigenvalue weighted by atomic mass is 32.1. The number of thiazole rings is 1. The minimum Gasteiger partial charge on any atom is -0.333 e. The standard InChI is InChI=1S/C18H14N4O3S/c23-17-16(9-13-5-2-1-3-6-13)26-18-19-11-20(12-21(17)18)14-7-4-8-15(10-14)22(24)25/h1-10H,11-12H2/b16-9+. The monoisotopic (exact) mass is 366 g/mol. The Bertz CT molecular complexity index is 1150. The van der Waals surface area contributed by atoms with E-state index in [4.69, 9.17) is 0 Å². The fraction of sp³-hybridized carbons (Fsp3) is 0.111. The Labute approximate surface area is 151 Å². The number of nitro benzene ring substituents is 1. The van der Waals surface area contributed by atoms with Gasteiger partial charge in [-0.25, -0.2) is 4.99 Å². The molecule has 26 heavy (non-hydrogen) atoms. The lowest BCUT2D eigenvalue weighted by molar-refractivity contribution is -0.384. The lowest BCUT2D eigenvalue weighted by Crippen LogP contribution is -2.42. The highest BCUT2D eigenvalue weighted by Crippen LogP contribution is 2.21. The fourth-order valence-electron chi connectivity index (χ4n) is 2.78. The number of non-ortho nitro benzene ring substituents is 1. The van der Waals surface area contributed by atoms with E-state index < -0.39 is 4.92 Å². The Morgan fingerprint density at radius 1 is 1.15 bits per heavy atom. The minimum atomic E-state index is -0.431. The van der Waals surface area contributed by atoms with Crippen molar-refractivity contribution in [2.24, 2.45) is 4.99 Å². The summed E-state index contributed by atoms with van der Waals surface area (Å²) in [5, 5.41) is 11.0. The quantitative estimate of drug-likeness (QED) is 0.522. The summed E-state index contributed by atoms with van der Waals surface area (Å²) in [7, 11) is 0. The van der Waals surface area contributed by atoms with Crippen molar-refractivity contribution in [3.8, 4) is 0 Å². The first-order chi connectivity index (χ1) is 12.6. The predicted molar refractivity (Wildman–Crippen MR) is 99.8 cm³/mol. The van der Waals surface area contributed by atoms with E-state index in [0.717, 1.165) is 5.56 Å². The summed E-state index contributed by atoms with van der Waals surface area (Å²) in [6.45, 7) is 0.670. The van der Waals surface area contributed by atoms with Crippen molar-refractivity contribution in [2.75, 3.05) is 11.6 Å². The molecule has 0 radical (unpaired) electrons. The van der Waals surface area contributed by atoms with Crippen LogP contribution in [0.5, 0.6) is 0 Å². The van der Waals surface area contributed by atoms with Crippen LogP contribution in [-0.4, -0.2) is 16.2 Å². The summed E-state index contributed by atoms with van der Waals surface area (Å²) in [6, 6.07) is 16.0. The summed E-state index contributed by atoms with van der Waals surface area (Å²) in [5.74, 6) is 0. The SMILES string of the molecule is O=c1/c(=C\c2ccccc2)sc2n1CN(c1cccc([N+](=O)[O-])c1)CN=2. The number of nitrogens with zero attached hydrogens (tertiary/aromatic N) is 4. The second-order valence-corrected chi connectivity index (χ2v) is 6.80. The van der Waals surface area contributed by atoms with Crippen molar-refractivity contribution in [2.45, 2.75) is 6.67 Å². The van der Waals surface area contributed by atoms with Crippen LogP contribution in [0.1, 0.15) is 5.56 Å². The van der Waals surface area contributed by atoms with Gasteiger partial charge >= 0.3 is 0 Å². The van der Waals surface area contributed by atoms with E-state index in [1.807, 2.05) is 41.3 Å². The first-order valence-electron chi connectivity index (χ1n) is 7.92. The molecule has 7 nitrogen and oxygen atoms in total. The maximum absolute atomic E-state index is 12.7. The van der Waals surface area contributed by atoms with E-state index in [0.29, 0.717) is 28.4 Å². The van der Waals surface area contributed by atoms with Crippen molar-refractivity contribution < 1.29 is 4.92 Å². The van der Waals surface area contributed by atoms with E-state index in [1.165, 1.54) is 23.5 Å². The molecule has 0 saturated heterocycles. The average molecular weight is 366 g/mol. The van der Waals surface area contributed by atoms with Gasteiger partial charge in [-0.1, -0.05) is 47.7 Å². The summed E-state index contributed by atoms with van der Waals surface area (Å²) in [4.78, 5) is 30.2. The number of anilines is 1. The Hall–Kier alpha value is -3.26. The third-order valence-corrected chi connectivity index (χ3v) is 5.12. The van der Waals surface area contributed by atoms with Crippen molar-refractivity contribution in [1.82, 2.24) is 4.57 Å². The molecule has 2 heterocycles. The van der Waals surface area contributed by atoms with E-state index in [1.54, 1.807) is 16.7 Å². The molecule has 0 aliphatic carbocycles. The zero-order valence-electron chi connectivity index (χ0n) is 13.6. The molecule has 4 rings (SSSR count). The van der Waals surface area contributed by atoms with Gasteiger partial charge in [0, 0.05) is 17.8 Å². The first kappa shape index (κ1) is 16.2. The van der Waals surface area contributed by atoms with E-state index in [2.05, 4.69) is 4.99 Å². The Morgan fingerprint density at radius 2 is 1.96 bits per heavy atom. The molecule has 1 aliphatic rings. The van der Waals surface area contributed by atoms with Gasteiger partial charge in [-0.15, -0.1) is 0 Å². The van der Waals surface area contributed by atoms with Crippen LogP contribution in [0.4, 0.5) is 11.4 Å². The third-order valence-electron chi connectivity index (χ3n) is 4.08. The molecule has 0 amide bonds. The smallest absolute Gasteiger partial charge is 0.271 e. The van der Waals surface area contributed by atoms with Crippen LogP contribution < -0.4 is 19.8 Å². The van der Waals surface area contributed by atoms with Crippen LogP contribution in [0.3, 0.4) is 0 Å². The van der Waals surface area contributed by atoms with Gasteiger partial charge in [-0.2, -0.15) is 0 Å². The molecule has 130 valence electrons. The van der Waals surface area contributed by atoms with Crippen LogP contribution in [0.15, 0.2) is 64.4 Å². The number of hydrogen-bond acceptors (Lipinski definition) is 6. The van der Waals surface area contributed by atoms with E-state index in [9.17, 15) is 14.9 Å². The largest absolute Gasteiger partial charge is 0.333 e. The Balaban J connectivity index is 1.70. The molecule has 0 atom stereocenters. The first-order valence-corrected chi connectivity index (χ1v) is 8.74. The number of aromatic nitrogens is 1. The van der Waals surface area contributed by atoms with Crippen LogP contribution in [-0.2, 0) is 6.67 Å². The topological polar surface area (TPSA) is 80.7 Å². The molecule has 1 aliphatic heterocycles. The van der Waals surface area contributed by atoms with Crippen molar-refractivity contribution in [1.29, 1.82) is 0 Å². The highest BCUT2D eigenvalue weighted by molar-refractivity contribution is 7.07. The fourth-order valence-corrected chi connectivity index (χ4v) is 3.74. The number of benzene rings is 2. The van der Waals surface area contributed by atoms with Gasteiger partial charge in [-0.3, -0.25) is 19.5 Å². The molecule has 0 bridgehead atoms. The predicted octanol–water partition coefficient (Wildman–Crippen LogP) is 1.70. The van der Waals surface area contributed by atoms with Crippen molar-refractivity contribution in [3.05, 3.63) is 90.0 Å². The number of fused-ring (bicyclic) bond motifs is 1. The van der Waals surface area contributed by atoms with Gasteiger partial charge in [0.1, 0.15) is 13.3 Å². The molecule has 0 spiro atoms. The average Bonchev–Trinajstić information content (AvgIpc) is 2.98. The van der Waals surface area contributed by atoms with E-state index >= 15 is 0 Å². The van der Waals surface area contributed by atoms with Gasteiger partial charge in [0.05, 0.1) is 9.46 Å². The Morgan fingerprint density at radius 3 is 2.73 bits per heavy atom. The number of rotatable bonds is 3. The summed E-state index contributed by atoms with van der Waals surface area (Å²) in [6.07, 6.45) is 1.85. The summed E-state index contributed by atoms with van der Waals surface area (Å²) < 4.78 is 2.22. The normalized spacial score (nSPS) is 14.0. The van der Waals surface area contributed by atoms with Gasteiger partial charge in [0.15, 0.2) is 4.80 Å². The highest BCUT2D eigenvalue weighted by Gasteiger charge is 2.17. The van der Waals surface area contributed by atoms with Crippen LogP contribution >= 0.6 is 11.3 Å².